The second kappa shape index (κ2) is 10.7. The number of methoxy groups -OCH3 is 1. The summed E-state index contributed by atoms with van der Waals surface area (Å²) < 4.78 is 48.8. The summed E-state index contributed by atoms with van der Waals surface area (Å²) in [6.07, 6.45) is -3.63. The fourth-order valence-electron chi connectivity index (χ4n) is 1.90. The predicted molar refractivity (Wildman–Crippen MR) is 87.4 cm³/mol. The van der Waals surface area contributed by atoms with Crippen LogP contribution in [0.2, 0.25) is 0 Å². The van der Waals surface area contributed by atoms with Gasteiger partial charge in [0.05, 0.1) is 12.1 Å². The van der Waals surface area contributed by atoms with Crippen molar-refractivity contribution in [1.29, 1.82) is 0 Å². The largest absolute Gasteiger partial charge is 0.491 e. The molecule has 24 heavy (non-hydrogen) atoms. The topological polar surface area (TPSA) is 54.9 Å². The van der Waals surface area contributed by atoms with Gasteiger partial charge in [-0.15, -0.1) is 0 Å². The van der Waals surface area contributed by atoms with Gasteiger partial charge in [-0.05, 0) is 25.5 Å². The molecule has 0 amide bonds. The first-order chi connectivity index (χ1) is 11.5. The summed E-state index contributed by atoms with van der Waals surface area (Å²) in [7, 11) is 1.63. The molecular formula is C16H24F3N3O2. The molecule has 0 radical (unpaired) electrons. The summed E-state index contributed by atoms with van der Waals surface area (Å²) in [5.41, 5.74) is -0.773. The van der Waals surface area contributed by atoms with E-state index in [0.29, 0.717) is 32.2 Å². The van der Waals surface area contributed by atoms with Gasteiger partial charge in [-0.3, -0.25) is 4.99 Å². The molecule has 0 atom stereocenters. The molecule has 0 spiro atoms. The summed E-state index contributed by atoms with van der Waals surface area (Å²) in [4.78, 5) is 4.33. The van der Waals surface area contributed by atoms with Crippen molar-refractivity contribution in [2.45, 2.75) is 19.5 Å². The van der Waals surface area contributed by atoms with Crippen molar-refractivity contribution in [3.05, 3.63) is 29.8 Å². The Hall–Kier alpha value is -1.96. The van der Waals surface area contributed by atoms with Crippen LogP contribution in [0.4, 0.5) is 13.2 Å². The Bertz CT molecular complexity index is 508. The van der Waals surface area contributed by atoms with Crippen LogP contribution in [0.25, 0.3) is 0 Å². The third kappa shape index (κ3) is 7.54. The van der Waals surface area contributed by atoms with Crippen molar-refractivity contribution < 1.29 is 22.6 Å². The van der Waals surface area contributed by atoms with E-state index in [4.69, 9.17) is 9.47 Å². The minimum absolute atomic E-state index is 0.0928. The lowest BCUT2D eigenvalue weighted by Crippen LogP contribution is -2.39. The van der Waals surface area contributed by atoms with Gasteiger partial charge in [-0.25, -0.2) is 0 Å². The molecule has 136 valence electrons. The van der Waals surface area contributed by atoms with Crippen LogP contribution in [0.3, 0.4) is 0 Å². The van der Waals surface area contributed by atoms with E-state index in [-0.39, 0.29) is 12.4 Å². The van der Waals surface area contributed by atoms with E-state index in [1.807, 2.05) is 6.92 Å². The van der Waals surface area contributed by atoms with Gasteiger partial charge in [0.15, 0.2) is 5.96 Å². The van der Waals surface area contributed by atoms with E-state index in [9.17, 15) is 13.2 Å². The molecule has 0 aliphatic heterocycles. The lowest BCUT2D eigenvalue weighted by Gasteiger charge is -2.15. The smallest absolute Gasteiger partial charge is 0.419 e. The van der Waals surface area contributed by atoms with Gasteiger partial charge in [0, 0.05) is 26.8 Å². The standard InChI is InChI=1S/C16H24F3N3O2/c1-3-20-15(21-9-6-11-23-2)22-10-12-24-14-8-5-4-7-13(14)16(17,18)19/h4-5,7-8H,3,6,9-12H2,1-2H3,(H2,20,21,22). The van der Waals surface area contributed by atoms with Crippen molar-refractivity contribution in [1.82, 2.24) is 10.6 Å². The van der Waals surface area contributed by atoms with Crippen LogP contribution in [0.5, 0.6) is 5.75 Å². The van der Waals surface area contributed by atoms with Crippen LogP contribution in [-0.4, -0.2) is 45.9 Å². The molecule has 0 heterocycles. The fraction of sp³-hybridized carbons (Fsp3) is 0.562. The molecule has 0 fully saturated rings. The quantitative estimate of drug-likeness (QED) is 0.410. The zero-order chi connectivity index (χ0) is 17.8. The van der Waals surface area contributed by atoms with Gasteiger partial charge in [0.1, 0.15) is 12.4 Å². The molecule has 0 aromatic heterocycles. The molecule has 0 aliphatic rings. The van der Waals surface area contributed by atoms with Gasteiger partial charge < -0.3 is 20.1 Å². The van der Waals surface area contributed by atoms with Crippen molar-refractivity contribution in [3.8, 4) is 5.75 Å². The van der Waals surface area contributed by atoms with E-state index in [0.717, 1.165) is 12.5 Å². The Morgan fingerprint density at radius 2 is 1.92 bits per heavy atom. The molecule has 1 rings (SSSR count). The number of hydrogen-bond acceptors (Lipinski definition) is 3. The first-order valence-corrected chi connectivity index (χ1v) is 7.79. The Balaban J connectivity index is 2.46. The maximum absolute atomic E-state index is 12.9. The zero-order valence-electron chi connectivity index (χ0n) is 13.9. The minimum atomic E-state index is -4.43. The summed E-state index contributed by atoms with van der Waals surface area (Å²) in [5.74, 6) is 0.426. The molecule has 0 bridgehead atoms. The molecule has 0 saturated carbocycles. The van der Waals surface area contributed by atoms with Crippen molar-refractivity contribution in [3.63, 3.8) is 0 Å². The molecule has 8 heteroatoms. The number of nitrogens with one attached hydrogen (secondary N) is 2. The van der Waals surface area contributed by atoms with E-state index in [1.165, 1.54) is 18.2 Å². The predicted octanol–water partition coefficient (Wildman–Crippen LogP) is 2.68. The number of para-hydroxylation sites is 1. The number of aliphatic imine (C=N–C) groups is 1. The highest BCUT2D eigenvalue weighted by Crippen LogP contribution is 2.35. The highest BCUT2D eigenvalue weighted by molar-refractivity contribution is 5.79. The normalized spacial score (nSPS) is 12.1. The van der Waals surface area contributed by atoms with Crippen LogP contribution in [0.1, 0.15) is 18.9 Å². The number of guanidine groups is 1. The number of halogens is 3. The number of hydrogen-bond donors (Lipinski definition) is 2. The number of nitrogens with zero attached hydrogens (tertiary/aromatic N) is 1. The maximum atomic E-state index is 12.9. The van der Waals surface area contributed by atoms with Crippen LogP contribution in [0.15, 0.2) is 29.3 Å². The summed E-state index contributed by atoms with van der Waals surface area (Å²) in [5, 5.41) is 6.07. The lowest BCUT2D eigenvalue weighted by molar-refractivity contribution is -0.138. The highest BCUT2D eigenvalue weighted by Gasteiger charge is 2.33. The van der Waals surface area contributed by atoms with Gasteiger partial charge >= 0.3 is 6.18 Å². The van der Waals surface area contributed by atoms with E-state index in [1.54, 1.807) is 7.11 Å². The zero-order valence-corrected chi connectivity index (χ0v) is 13.9. The average molecular weight is 347 g/mol. The summed E-state index contributed by atoms with van der Waals surface area (Å²) in [6, 6.07) is 5.17. The van der Waals surface area contributed by atoms with Crippen molar-refractivity contribution in [2.24, 2.45) is 4.99 Å². The maximum Gasteiger partial charge on any atom is 0.419 e. The Kier molecular flexibility index (Phi) is 8.99. The molecule has 0 unspecified atom stereocenters. The monoisotopic (exact) mass is 347 g/mol. The molecule has 1 aromatic rings. The summed E-state index contributed by atoms with van der Waals surface area (Å²) >= 11 is 0. The van der Waals surface area contributed by atoms with Crippen LogP contribution in [0, 0.1) is 0 Å². The number of alkyl halides is 3. The lowest BCUT2D eigenvalue weighted by atomic mass is 10.2. The van der Waals surface area contributed by atoms with Crippen LogP contribution < -0.4 is 15.4 Å². The van der Waals surface area contributed by atoms with Crippen LogP contribution >= 0.6 is 0 Å². The van der Waals surface area contributed by atoms with E-state index in [2.05, 4.69) is 15.6 Å². The number of ether oxygens (including phenoxy) is 2. The SMILES string of the molecule is CCNC(=NCCCOC)NCCOc1ccccc1C(F)(F)F. The molecule has 0 aliphatic carbocycles. The molecule has 1 aromatic carbocycles. The summed E-state index contributed by atoms with van der Waals surface area (Å²) in [6.45, 7) is 4.27. The third-order valence-corrected chi connectivity index (χ3v) is 2.97. The van der Waals surface area contributed by atoms with Gasteiger partial charge in [-0.2, -0.15) is 13.2 Å². The van der Waals surface area contributed by atoms with Gasteiger partial charge in [-0.1, -0.05) is 12.1 Å². The number of rotatable bonds is 9. The Morgan fingerprint density at radius 1 is 1.17 bits per heavy atom. The van der Waals surface area contributed by atoms with Crippen molar-refractivity contribution >= 4 is 5.96 Å². The molecule has 0 saturated heterocycles. The fourth-order valence-corrected chi connectivity index (χ4v) is 1.90. The minimum Gasteiger partial charge on any atom is -0.491 e. The Labute approximate surface area is 140 Å². The first-order valence-electron chi connectivity index (χ1n) is 7.79. The van der Waals surface area contributed by atoms with Crippen LogP contribution in [-0.2, 0) is 10.9 Å². The van der Waals surface area contributed by atoms with E-state index < -0.39 is 11.7 Å². The second-order valence-corrected chi connectivity index (χ2v) is 4.88. The van der Waals surface area contributed by atoms with E-state index >= 15 is 0 Å². The average Bonchev–Trinajstić information content (AvgIpc) is 2.55. The Morgan fingerprint density at radius 3 is 2.58 bits per heavy atom. The van der Waals surface area contributed by atoms with Gasteiger partial charge in [0.2, 0.25) is 0 Å². The van der Waals surface area contributed by atoms with Crippen molar-refractivity contribution in [2.75, 3.05) is 40.0 Å². The molecule has 2 N–H and O–H groups in total. The first kappa shape index (κ1) is 20.1. The molecule has 5 nitrogen and oxygen atoms in total. The van der Waals surface area contributed by atoms with Gasteiger partial charge in [0.25, 0.3) is 0 Å². The third-order valence-electron chi connectivity index (χ3n) is 2.97. The second-order valence-electron chi connectivity index (χ2n) is 4.88. The number of benzene rings is 1. The highest BCUT2D eigenvalue weighted by atomic mass is 19.4. The molecular weight excluding hydrogens is 323 g/mol.